The highest BCUT2D eigenvalue weighted by Gasteiger charge is 2.31. The third kappa shape index (κ3) is 5.61. The number of halogens is 1. The summed E-state index contributed by atoms with van der Waals surface area (Å²) in [7, 11) is -3.40. The number of rotatable bonds is 6. The molecule has 176 valence electrons. The number of carbonyl (C=O) groups excluding carboxylic acids is 2. The van der Waals surface area contributed by atoms with Gasteiger partial charge in [-0.2, -0.15) is 0 Å². The van der Waals surface area contributed by atoms with Gasteiger partial charge in [-0.05, 0) is 61.6 Å². The molecule has 1 aliphatic carbocycles. The number of hydrogen-bond acceptors (Lipinski definition) is 4. The molecule has 1 unspecified atom stereocenters. The molecule has 1 heterocycles. The first kappa shape index (κ1) is 23.4. The Balaban J connectivity index is 1.38. The molecule has 2 amide bonds. The fourth-order valence-corrected chi connectivity index (χ4v) is 6.59. The van der Waals surface area contributed by atoms with E-state index in [1.54, 1.807) is 35.2 Å². The molecular formula is C25H29FN2O4S. The number of benzene rings is 2. The smallest absolute Gasteiger partial charge is 0.229 e. The van der Waals surface area contributed by atoms with Crippen LogP contribution in [0.2, 0.25) is 0 Å². The standard InChI is InChI=1S/C25H29FN2O4S/c26-20-12-10-18(11-13-20)15-24(29)28-14-4-5-19(17-28)25(30)27-21-6-3-9-23(16-21)33(31,32)22-7-1-2-8-22/h3,6,9-13,16,19,22H,1-2,4-5,7-8,14-15,17H2,(H,27,30). The van der Waals surface area contributed by atoms with Crippen LogP contribution in [0.5, 0.6) is 0 Å². The average Bonchev–Trinajstić information content (AvgIpc) is 3.37. The van der Waals surface area contributed by atoms with Gasteiger partial charge in [-0.3, -0.25) is 9.59 Å². The van der Waals surface area contributed by atoms with E-state index in [1.165, 1.54) is 18.2 Å². The van der Waals surface area contributed by atoms with Gasteiger partial charge in [0, 0.05) is 18.8 Å². The number of anilines is 1. The van der Waals surface area contributed by atoms with E-state index in [0.717, 1.165) is 18.4 Å². The number of nitrogens with zero attached hydrogens (tertiary/aromatic N) is 1. The van der Waals surface area contributed by atoms with Crippen LogP contribution in [0.15, 0.2) is 53.4 Å². The minimum Gasteiger partial charge on any atom is -0.342 e. The van der Waals surface area contributed by atoms with Gasteiger partial charge >= 0.3 is 0 Å². The SMILES string of the molecule is O=C(Nc1cccc(S(=O)(=O)C2CCCC2)c1)C1CCCN(C(=O)Cc2ccc(F)cc2)C1. The van der Waals surface area contributed by atoms with E-state index in [1.807, 2.05) is 0 Å². The van der Waals surface area contributed by atoms with Gasteiger partial charge in [-0.1, -0.05) is 31.0 Å². The highest BCUT2D eigenvalue weighted by atomic mass is 32.2. The minimum absolute atomic E-state index is 0.0937. The first-order chi connectivity index (χ1) is 15.8. The molecule has 2 aliphatic rings. The Morgan fingerprint density at radius 3 is 2.45 bits per heavy atom. The van der Waals surface area contributed by atoms with Crippen LogP contribution in [-0.2, 0) is 25.8 Å². The molecular weight excluding hydrogens is 443 g/mol. The number of piperidine rings is 1. The summed E-state index contributed by atoms with van der Waals surface area (Å²) in [4.78, 5) is 27.5. The summed E-state index contributed by atoms with van der Waals surface area (Å²) in [6.45, 7) is 0.894. The molecule has 6 nitrogen and oxygen atoms in total. The van der Waals surface area contributed by atoms with E-state index in [0.29, 0.717) is 44.5 Å². The van der Waals surface area contributed by atoms with Crippen LogP contribution >= 0.6 is 0 Å². The zero-order valence-electron chi connectivity index (χ0n) is 18.5. The lowest BCUT2D eigenvalue weighted by atomic mass is 9.96. The van der Waals surface area contributed by atoms with Crippen molar-refractivity contribution in [3.05, 3.63) is 59.9 Å². The zero-order chi connectivity index (χ0) is 23.4. The summed E-state index contributed by atoms with van der Waals surface area (Å²) >= 11 is 0. The first-order valence-electron chi connectivity index (χ1n) is 11.5. The second-order valence-corrected chi connectivity index (χ2v) is 11.2. The summed E-state index contributed by atoms with van der Waals surface area (Å²) in [6.07, 6.45) is 4.76. The molecule has 2 aromatic carbocycles. The highest BCUT2D eigenvalue weighted by Crippen LogP contribution is 2.30. The van der Waals surface area contributed by atoms with Crippen molar-refractivity contribution in [3.8, 4) is 0 Å². The molecule has 0 aromatic heterocycles. The van der Waals surface area contributed by atoms with E-state index in [-0.39, 0.29) is 40.1 Å². The van der Waals surface area contributed by atoms with Gasteiger partial charge in [0.1, 0.15) is 5.82 Å². The van der Waals surface area contributed by atoms with Crippen LogP contribution in [0.1, 0.15) is 44.1 Å². The number of likely N-dealkylation sites (tertiary alicyclic amines) is 1. The highest BCUT2D eigenvalue weighted by molar-refractivity contribution is 7.92. The van der Waals surface area contributed by atoms with Crippen LogP contribution in [0.3, 0.4) is 0 Å². The van der Waals surface area contributed by atoms with Crippen LogP contribution in [0, 0.1) is 11.7 Å². The molecule has 2 aromatic rings. The van der Waals surface area contributed by atoms with Crippen molar-refractivity contribution in [1.82, 2.24) is 4.90 Å². The minimum atomic E-state index is -3.40. The van der Waals surface area contributed by atoms with Crippen molar-refractivity contribution in [2.24, 2.45) is 5.92 Å². The molecule has 4 rings (SSSR count). The number of hydrogen-bond donors (Lipinski definition) is 1. The summed E-state index contributed by atoms with van der Waals surface area (Å²) in [5, 5.41) is 2.50. The Labute approximate surface area is 194 Å². The maximum atomic E-state index is 13.1. The number of nitrogens with one attached hydrogen (secondary N) is 1. The Morgan fingerprint density at radius 2 is 1.73 bits per heavy atom. The van der Waals surface area contributed by atoms with E-state index in [4.69, 9.17) is 0 Å². The van der Waals surface area contributed by atoms with Gasteiger partial charge < -0.3 is 10.2 Å². The normalized spacial score (nSPS) is 19.4. The molecule has 1 aliphatic heterocycles. The Bertz CT molecular complexity index is 1110. The van der Waals surface area contributed by atoms with Gasteiger partial charge in [0.2, 0.25) is 11.8 Å². The second kappa shape index (κ2) is 10.0. The maximum Gasteiger partial charge on any atom is 0.229 e. The molecule has 33 heavy (non-hydrogen) atoms. The van der Waals surface area contributed by atoms with Gasteiger partial charge in [0.25, 0.3) is 0 Å². The van der Waals surface area contributed by atoms with Crippen molar-refractivity contribution < 1.29 is 22.4 Å². The number of carbonyl (C=O) groups is 2. The Hall–Kier alpha value is -2.74. The molecule has 0 spiro atoms. The van der Waals surface area contributed by atoms with Crippen molar-refractivity contribution >= 4 is 27.3 Å². The topological polar surface area (TPSA) is 83.6 Å². The predicted molar refractivity (Wildman–Crippen MR) is 124 cm³/mol. The van der Waals surface area contributed by atoms with Crippen LogP contribution in [0.4, 0.5) is 10.1 Å². The monoisotopic (exact) mass is 472 g/mol. The van der Waals surface area contributed by atoms with Crippen molar-refractivity contribution in [3.63, 3.8) is 0 Å². The molecule has 2 fully saturated rings. The van der Waals surface area contributed by atoms with Crippen molar-refractivity contribution in [2.45, 2.75) is 55.1 Å². The summed E-state index contributed by atoms with van der Waals surface area (Å²) < 4.78 is 38.9. The third-order valence-electron chi connectivity index (χ3n) is 6.58. The van der Waals surface area contributed by atoms with E-state index >= 15 is 0 Å². The summed E-state index contributed by atoms with van der Waals surface area (Å²) in [6, 6.07) is 12.3. The van der Waals surface area contributed by atoms with Gasteiger partial charge in [0.15, 0.2) is 9.84 Å². The lowest BCUT2D eigenvalue weighted by Gasteiger charge is -2.32. The average molecular weight is 473 g/mol. The molecule has 0 radical (unpaired) electrons. The van der Waals surface area contributed by atoms with Crippen LogP contribution in [-0.4, -0.2) is 43.5 Å². The third-order valence-corrected chi connectivity index (χ3v) is 8.84. The van der Waals surface area contributed by atoms with Crippen LogP contribution < -0.4 is 5.32 Å². The lowest BCUT2D eigenvalue weighted by Crippen LogP contribution is -2.44. The maximum absolute atomic E-state index is 13.1. The molecule has 0 bridgehead atoms. The zero-order valence-corrected chi connectivity index (χ0v) is 19.3. The molecule has 1 saturated carbocycles. The Kier molecular flexibility index (Phi) is 7.12. The largest absolute Gasteiger partial charge is 0.342 e. The summed E-state index contributed by atoms with van der Waals surface area (Å²) in [5.41, 5.74) is 1.18. The molecule has 1 atom stereocenters. The summed E-state index contributed by atoms with van der Waals surface area (Å²) in [5.74, 6) is -1.03. The number of sulfone groups is 1. The fourth-order valence-electron chi connectivity index (χ4n) is 4.69. The molecule has 1 saturated heterocycles. The lowest BCUT2D eigenvalue weighted by molar-refractivity contribution is -0.133. The number of amides is 2. The van der Waals surface area contributed by atoms with Gasteiger partial charge in [0.05, 0.1) is 22.5 Å². The van der Waals surface area contributed by atoms with Gasteiger partial charge in [-0.25, -0.2) is 12.8 Å². The van der Waals surface area contributed by atoms with E-state index in [9.17, 15) is 22.4 Å². The van der Waals surface area contributed by atoms with Crippen molar-refractivity contribution in [1.29, 1.82) is 0 Å². The van der Waals surface area contributed by atoms with E-state index in [2.05, 4.69) is 5.32 Å². The van der Waals surface area contributed by atoms with Gasteiger partial charge in [-0.15, -0.1) is 0 Å². The van der Waals surface area contributed by atoms with E-state index < -0.39 is 9.84 Å². The first-order valence-corrected chi connectivity index (χ1v) is 13.0. The molecule has 8 heteroatoms. The predicted octanol–water partition coefficient (Wildman–Crippen LogP) is 3.96. The second-order valence-electron chi connectivity index (χ2n) is 8.95. The van der Waals surface area contributed by atoms with Crippen molar-refractivity contribution in [2.75, 3.05) is 18.4 Å². The molecule has 1 N–H and O–H groups in total. The fraction of sp³-hybridized carbons (Fsp3) is 0.440. The quantitative estimate of drug-likeness (QED) is 0.690. The van der Waals surface area contributed by atoms with Crippen LogP contribution in [0.25, 0.3) is 0 Å². The Morgan fingerprint density at radius 1 is 1.00 bits per heavy atom.